The highest BCUT2D eigenvalue weighted by atomic mass is 32.1. The van der Waals surface area contributed by atoms with Crippen molar-refractivity contribution in [1.82, 2.24) is 15.1 Å². The summed E-state index contributed by atoms with van der Waals surface area (Å²) in [6.45, 7) is 5.94. The molecule has 1 aliphatic heterocycles. The Hall–Kier alpha value is -2.22. The van der Waals surface area contributed by atoms with E-state index in [9.17, 15) is 9.59 Å². The van der Waals surface area contributed by atoms with Crippen molar-refractivity contribution in [2.75, 3.05) is 38.5 Å². The lowest BCUT2D eigenvalue weighted by Gasteiger charge is -2.32. The fourth-order valence-corrected chi connectivity index (χ4v) is 4.22. The number of rotatable bonds is 7. The molecule has 29 heavy (non-hydrogen) atoms. The molecule has 1 saturated heterocycles. The summed E-state index contributed by atoms with van der Waals surface area (Å²) in [7, 11) is 2.17. The van der Waals surface area contributed by atoms with Crippen LogP contribution in [-0.2, 0) is 17.9 Å². The maximum Gasteiger partial charge on any atom is 0.261 e. The lowest BCUT2D eigenvalue weighted by atomic mass is 10.1. The van der Waals surface area contributed by atoms with E-state index in [4.69, 9.17) is 0 Å². The summed E-state index contributed by atoms with van der Waals surface area (Å²) < 4.78 is 0. The Morgan fingerprint density at radius 1 is 1.00 bits per heavy atom. The second kappa shape index (κ2) is 9.07. The number of nitrogens with zero attached hydrogens (tertiary/aromatic N) is 2. The lowest BCUT2D eigenvalue weighted by molar-refractivity contribution is -0.117. The summed E-state index contributed by atoms with van der Waals surface area (Å²) in [4.78, 5) is 29.7. The van der Waals surface area contributed by atoms with Crippen molar-refractivity contribution in [1.29, 1.82) is 0 Å². The van der Waals surface area contributed by atoms with E-state index in [0.29, 0.717) is 11.4 Å². The van der Waals surface area contributed by atoms with Crippen LogP contribution in [0.5, 0.6) is 0 Å². The molecule has 0 unspecified atom stereocenters. The van der Waals surface area contributed by atoms with Gasteiger partial charge in [0, 0.05) is 45.2 Å². The van der Waals surface area contributed by atoms with Gasteiger partial charge in [-0.3, -0.25) is 14.5 Å². The van der Waals surface area contributed by atoms with Crippen molar-refractivity contribution in [3.63, 3.8) is 0 Å². The van der Waals surface area contributed by atoms with Gasteiger partial charge in [0.15, 0.2) is 0 Å². The second-order valence-corrected chi connectivity index (χ2v) is 9.09. The number of anilines is 1. The quantitative estimate of drug-likeness (QED) is 0.734. The summed E-state index contributed by atoms with van der Waals surface area (Å²) >= 11 is 1.32. The molecule has 0 radical (unpaired) electrons. The van der Waals surface area contributed by atoms with Gasteiger partial charge in [-0.1, -0.05) is 24.3 Å². The number of carbonyl (C=O) groups is 2. The van der Waals surface area contributed by atoms with Crippen LogP contribution in [0.1, 0.15) is 33.6 Å². The van der Waals surface area contributed by atoms with Gasteiger partial charge in [-0.15, -0.1) is 11.3 Å². The van der Waals surface area contributed by atoms with Crippen LogP contribution in [0.15, 0.2) is 36.4 Å². The minimum Gasteiger partial charge on any atom is -0.347 e. The monoisotopic (exact) mass is 412 g/mol. The molecule has 0 spiro atoms. The minimum absolute atomic E-state index is 0.0653. The Kier molecular flexibility index (Phi) is 6.28. The molecule has 1 aliphatic carbocycles. The fourth-order valence-electron chi connectivity index (χ4n) is 3.39. The summed E-state index contributed by atoms with van der Waals surface area (Å²) in [5.74, 6) is 0.118. The normalized spacial score (nSPS) is 17.8. The molecule has 1 aromatic carbocycles. The van der Waals surface area contributed by atoms with E-state index in [0.717, 1.165) is 56.1 Å². The number of carbonyl (C=O) groups excluding carboxylic acids is 2. The Morgan fingerprint density at radius 3 is 2.38 bits per heavy atom. The van der Waals surface area contributed by atoms with Gasteiger partial charge in [0.25, 0.3) is 5.91 Å². The maximum absolute atomic E-state index is 12.4. The van der Waals surface area contributed by atoms with Crippen LogP contribution in [0.4, 0.5) is 5.00 Å². The Morgan fingerprint density at radius 2 is 1.69 bits per heavy atom. The molecule has 1 aromatic heterocycles. The zero-order valence-electron chi connectivity index (χ0n) is 16.8. The molecule has 2 N–H and O–H groups in total. The van der Waals surface area contributed by atoms with Crippen molar-refractivity contribution >= 4 is 28.2 Å². The van der Waals surface area contributed by atoms with Gasteiger partial charge in [0.05, 0.1) is 9.88 Å². The summed E-state index contributed by atoms with van der Waals surface area (Å²) in [6.07, 6.45) is 1.94. The Bertz CT molecular complexity index is 852. The topological polar surface area (TPSA) is 64.7 Å². The van der Waals surface area contributed by atoms with Crippen LogP contribution in [0.2, 0.25) is 0 Å². The number of likely N-dealkylation sites (N-methyl/N-ethyl adjacent to an activating group) is 1. The molecule has 2 aliphatic rings. The van der Waals surface area contributed by atoms with E-state index in [1.54, 1.807) is 12.1 Å². The lowest BCUT2D eigenvalue weighted by Crippen LogP contribution is -2.43. The molecule has 6 nitrogen and oxygen atoms in total. The van der Waals surface area contributed by atoms with Crippen LogP contribution >= 0.6 is 11.3 Å². The second-order valence-electron chi connectivity index (χ2n) is 8.01. The molecular formula is C22H28N4O2S. The molecular weight excluding hydrogens is 384 g/mol. The number of amides is 2. The first-order valence-electron chi connectivity index (χ1n) is 10.2. The van der Waals surface area contributed by atoms with E-state index >= 15 is 0 Å². The Labute approximate surface area is 175 Å². The van der Waals surface area contributed by atoms with Crippen molar-refractivity contribution < 1.29 is 9.59 Å². The van der Waals surface area contributed by atoms with Crippen LogP contribution in [0.25, 0.3) is 0 Å². The first-order valence-corrected chi connectivity index (χ1v) is 11.1. The van der Waals surface area contributed by atoms with E-state index < -0.39 is 0 Å². The molecule has 2 aromatic rings. The summed E-state index contributed by atoms with van der Waals surface area (Å²) in [5.41, 5.74) is 2.39. The van der Waals surface area contributed by atoms with E-state index in [2.05, 4.69) is 51.7 Å². The SMILES string of the molecule is CN1CCN(Cc2ccc(CNC(=O)c3ccc(NC(=O)C4CC4)s3)cc2)CC1. The van der Waals surface area contributed by atoms with Gasteiger partial charge in [0.2, 0.25) is 5.91 Å². The zero-order chi connectivity index (χ0) is 20.2. The maximum atomic E-state index is 12.4. The highest BCUT2D eigenvalue weighted by Crippen LogP contribution is 2.31. The number of nitrogens with one attached hydrogen (secondary N) is 2. The highest BCUT2D eigenvalue weighted by Gasteiger charge is 2.29. The van der Waals surface area contributed by atoms with Gasteiger partial charge < -0.3 is 15.5 Å². The first kappa shape index (κ1) is 20.1. The van der Waals surface area contributed by atoms with Crippen LogP contribution in [-0.4, -0.2) is 54.8 Å². The third-order valence-electron chi connectivity index (χ3n) is 5.50. The number of thiophene rings is 1. The average Bonchev–Trinajstić information content (AvgIpc) is 3.48. The standard InChI is InChI=1S/C22H28N4O2S/c1-25-10-12-26(13-11-25)15-17-4-2-16(3-5-17)14-23-22(28)19-8-9-20(29-19)24-21(27)18-6-7-18/h2-5,8-9,18H,6-7,10-15H2,1H3,(H,23,28)(H,24,27). The van der Waals surface area contributed by atoms with Gasteiger partial charge in [0.1, 0.15) is 0 Å². The number of piperazine rings is 1. The van der Waals surface area contributed by atoms with E-state index in [1.807, 2.05) is 0 Å². The van der Waals surface area contributed by atoms with Crippen molar-refractivity contribution in [3.05, 3.63) is 52.4 Å². The summed E-state index contributed by atoms with van der Waals surface area (Å²) in [6, 6.07) is 12.0. The summed E-state index contributed by atoms with van der Waals surface area (Å²) in [5, 5.41) is 6.59. The van der Waals surface area contributed by atoms with Gasteiger partial charge in [-0.25, -0.2) is 0 Å². The molecule has 2 amide bonds. The van der Waals surface area contributed by atoms with Gasteiger partial charge in [-0.05, 0) is 43.1 Å². The minimum atomic E-state index is -0.108. The molecule has 7 heteroatoms. The average molecular weight is 413 g/mol. The number of hydrogen-bond donors (Lipinski definition) is 2. The van der Waals surface area contributed by atoms with Crippen molar-refractivity contribution in [2.24, 2.45) is 5.92 Å². The van der Waals surface area contributed by atoms with Gasteiger partial charge in [-0.2, -0.15) is 0 Å². The van der Waals surface area contributed by atoms with E-state index in [1.165, 1.54) is 16.9 Å². The van der Waals surface area contributed by atoms with Crippen molar-refractivity contribution in [2.45, 2.75) is 25.9 Å². The molecule has 0 bridgehead atoms. The molecule has 1 saturated carbocycles. The zero-order valence-corrected chi connectivity index (χ0v) is 17.6. The largest absolute Gasteiger partial charge is 0.347 e. The Balaban J connectivity index is 1.24. The van der Waals surface area contributed by atoms with Crippen LogP contribution < -0.4 is 10.6 Å². The van der Waals surface area contributed by atoms with Crippen LogP contribution in [0, 0.1) is 5.92 Å². The smallest absolute Gasteiger partial charge is 0.261 e. The number of hydrogen-bond acceptors (Lipinski definition) is 5. The van der Waals surface area contributed by atoms with Crippen molar-refractivity contribution in [3.8, 4) is 0 Å². The third kappa shape index (κ3) is 5.65. The predicted molar refractivity (Wildman–Crippen MR) is 116 cm³/mol. The first-order chi connectivity index (χ1) is 14.1. The molecule has 154 valence electrons. The molecule has 2 heterocycles. The molecule has 2 fully saturated rings. The highest BCUT2D eigenvalue weighted by molar-refractivity contribution is 7.18. The molecule has 4 rings (SSSR count). The van der Waals surface area contributed by atoms with E-state index in [-0.39, 0.29) is 17.7 Å². The van der Waals surface area contributed by atoms with Gasteiger partial charge >= 0.3 is 0 Å². The fraction of sp³-hybridized carbons (Fsp3) is 0.455. The predicted octanol–water partition coefficient (Wildman–Crippen LogP) is 2.77. The number of benzene rings is 1. The third-order valence-corrected chi connectivity index (χ3v) is 6.50. The van der Waals surface area contributed by atoms with Crippen LogP contribution in [0.3, 0.4) is 0 Å². The molecule has 0 atom stereocenters.